The zero-order chi connectivity index (χ0) is 13.6. The molecule has 0 spiro atoms. The van der Waals surface area contributed by atoms with Gasteiger partial charge in [-0.2, -0.15) is 5.10 Å². The van der Waals surface area contributed by atoms with Crippen LogP contribution in [0.3, 0.4) is 0 Å². The quantitative estimate of drug-likeness (QED) is 0.656. The topological polar surface area (TPSA) is 99.2 Å². The van der Waals surface area contributed by atoms with E-state index in [4.69, 9.17) is 10.5 Å². The first kappa shape index (κ1) is 14.9. The van der Waals surface area contributed by atoms with Crippen LogP contribution in [-0.2, 0) is 21.8 Å². The zero-order valence-electron chi connectivity index (χ0n) is 10.7. The second kappa shape index (κ2) is 6.72. The summed E-state index contributed by atoms with van der Waals surface area (Å²) in [5.74, 6) is -0.00287. The van der Waals surface area contributed by atoms with E-state index in [-0.39, 0.29) is 17.3 Å². The smallest absolute Gasteiger partial charge is 0.245 e. The zero-order valence-corrected chi connectivity index (χ0v) is 11.5. The van der Waals surface area contributed by atoms with E-state index in [9.17, 15) is 8.42 Å². The van der Waals surface area contributed by atoms with Gasteiger partial charge in [0.1, 0.15) is 4.90 Å². The molecule has 104 valence electrons. The molecule has 1 rings (SSSR count). The van der Waals surface area contributed by atoms with Crippen LogP contribution in [0, 0.1) is 0 Å². The van der Waals surface area contributed by atoms with Crippen LogP contribution in [0.1, 0.15) is 19.8 Å². The SMILES string of the molecule is CCCCOCCNS(=O)(=O)c1cn(C)nc1N. The molecule has 0 aromatic carbocycles. The Morgan fingerprint density at radius 2 is 2.22 bits per heavy atom. The number of ether oxygens (including phenoxy) is 1. The summed E-state index contributed by atoms with van der Waals surface area (Å²) in [5, 5.41) is 3.79. The summed E-state index contributed by atoms with van der Waals surface area (Å²) in [7, 11) is -1.99. The van der Waals surface area contributed by atoms with Gasteiger partial charge >= 0.3 is 0 Å². The first-order valence-corrected chi connectivity index (χ1v) is 7.32. The molecule has 0 aliphatic heterocycles. The second-order valence-electron chi connectivity index (χ2n) is 3.92. The Morgan fingerprint density at radius 1 is 1.50 bits per heavy atom. The van der Waals surface area contributed by atoms with E-state index in [2.05, 4.69) is 16.7 Å². The van der Waals surface area contributed by atoms with Gasteiger partial charge in [0.15, 0.2) is 5.82 Å². The number of nitrogens with one attached hydrogen (secondary N) is 1. The third-order valence-electron chi connectivity index (χ3n) is 2.29. The summed E-state index contributed by atoms with van der Waals surface area (Å²) < 4.78 is 32.8. The van der Waals surface area contributed by atoms with Crippen LogP contribution in [0.4, 0.5) is 5.82 Å². The Kier molecular flexibility index (Phi) is 5.57. The summed E-state index contributed by atoms with van der Waals surface area (Å²) in [5.41, 5.74) is 5.52. The van der Waals surface area contributed by atoms with Gasteiger partial charge < -0.3 is 10.5 Å². The number of hydrogen-bond donors (Lipinski definition) is 2. The molecular formula is C10H20N4O3S. The fourth-order valence-electron chi connectivity index (χ4n) is 1.37. The summed E-state index contributed by atoms with van der Waals surface area (Å²) in [6.45, 7) is 3.28. The lowest BCUT2D eigenvalue weighted by atomic mass is 10.4. The van der Waals surface area contributed by atoms with Crippen LogP contribution in [0.25, 0.3) is 0 Å². The van der Waals surface area contributed by atoms with E-state index >= 15 is 0 Å². The van der Waals surface area contributed by atoms with Crippen molar-refractivity contribution in [1.29, 1.82) is 0 Å². The van der Waals surface area contributed by atoms with Gasteiger partial charge in [-0.15, -0.1) is 0 Å². The monoisotopic (exact) mass is 276 g/mol. The highest BCUT2D eigenvalue weighted by molar-refractivity contribution is 7.89. The molecule has 3 N–H and O–H groups in total. The predicted octanol–water partition coefficient (Wildman–Crippen LogP) is 0.0973. The third-order valence-corrected chi connectivity index (χ3v) is 3.77. The number of aromatic nitrogens is 2. The van der Waals surface area contributed by atoms with Crippen molar-refractivity contribution in [1.82, 2.24) is 14.5 Å². The summed E-state index contributed by atoms with van der Waals surface area (Å²) in [4.78, 5) is -0.00134. The lowest BCUT2D eigenvalue weighted by molar-refractivity contribution is 0.136. The van der Waals surface area contributed by atoms with Gasteiger partial charge in [-0.3, -0.25) is 4.68 Å². The maximum absolute atomic E-state index is 11.9. The summed E-state index contributed by atoms with van der Waals surface area (Å²) >= 11 is 0. The second-order valence-corrected chi connectivity index (χ2v) is 5.65. The van der Waals surface area contributed by atoms with Crippen LogP contribution in [0.15, 0.2) is 11.1 Å². The number of nitrogens with zero attached hydrogens (tertiary/aromatic N) is 2. The predicted molar refractivity (Wildman–Crippen MR) is 68.5 cm³/mol. The number of anilines is 1. The summed E-state index contributed by atoms with van der Waals surface area (Å²) in [6, 6.07) is 0. The van der Waals surface area contributed by atoms with E-state index < -0.39 is 10.0 Å². The van der Waals surface area contributed by atoms with Gasteiger partial charge in [-0.1, -0.05) is 13.3 Å². The standard InChI is InChI=1S/C10H20N4O3S/c1-3-4-6-17-7-5-12-18(15,16)9-8-14(2)13-10(9)11/h8,12H,3-7H2,1-2H3,(H2,11,13). The molecule has 0 saturated carbocycles. The van der Waals surface area contributed by atoms with Crippen LogP contribution in [-0.4, -0.2) is 38.0 Å². The number of rotatable bonds is 8. The number of aryl methyl sites for hydroxylation is 1. The van der Waals surface area contributed by atoms with Gasteiger partial charge in [0.2, 0.25) is 10.0 Å². The normalized spacial score (nSPS) is 11.9. The van der Waals surface area contributed by atoms with Crippen molar-refractivity contribution in [3.05, 3.63) is 6.20 Å². The van der Waals surface area contributed by atoms with Crippen LogP contribution in [0.2, 0.25) is 0 Å². The maximum Gasteiger partial charge on any atom is 0.245 e. The molecule has 1 heterocycles. The first-order chi connectivity index (χ1) is 8.47. The van der Waals surface area contributed by atoms with Crippen molar-refractivity contribution in [3.8, 4) is 0 Å². The van der Waals surface area contributed by atoms with E-state index in [1.807, 2.05) is 0 Å². The van der Waals surface area contributed by atoms with E-state index in [0.717, 1.165) is 12.8 Å². The molecule has 1 aromatic heterocycles. The molecule has 1 aromatic rings. The Morgan fingerprint density at radius 3 is 2.78 bits per heavy atom. The van der Waals surface area contributed by atoms with Gasteiger partial charge in [0.05, 0.1) is 6.61 Å². The number of sulfonamides is 1. The molecular weight excluding hydrogens is 256 g/mol. The third kappa shape index (κ3) is 4.28. The first-order valence-electron chi connectivity index (χ1n) is 5.84. The van der Waals surface area contributed by atoms with Crippen molar-refractivity contribution in [2.24, 2.45) is 7.05 Å². The molecule has 0 atom stereocenters. The molecule has 0 saturated heterocycles. The number of unbranched alkanes of at least 4 members (excludes halogenated alkanes) is 1. The molecule has 8 heteroatoms. The molecule has 0 aliphatic carbocycles. The highest BCUT2D eigenvalue weighted by Crippen LogP contribution is 2.14. The lowest BCUT2D eigenvalue weighted by Gasteiger charge is -2.06. The van der Waals surface area contributed by atoms with Crippen molar-refractivity contribution in [3.63, 3.8) is 0 Å². The molecule has 0 radical (unpaired) electrons. The molecule has 18 heavy (non-hydrogen) atoms. The largest absolute Gasteiger partial charge is 0.381 e. The minimum atomic E-state index is -3.60. The summed E-state index contributed by atoms with van der Waals surface area (Å²) in [6.07, 6.45) is 3.40. The van der Waals surface area contributed by atoms with E-state index in [0.29, 0.717) is 13.2 Å². The average Bonchev–Trinajstić information content (AvgIpc) is 2.63. The van der Waals surface area contributed by atoms with E-state index in [1.165, 1.54) is 10.9 Å². The average molecular weight is 276 g/mol. The van der Waals surface area contributed by atoms with Crippen molar-refractivity contribution in [2.75, 3.05) is 25.5 Å². The van der Waals surface area contributed by atoms with Gasteiger partial charge in [-0.05, 0) is 6.42 Å². The number of hydrogen-bond acceptors (Lipinski definition) is 5. The molecule has 0 aliphatic rings. The molecule has 0 amide bonds. The van der Waals surface area contributed by atoms with Crippen LogP contribution >= 0.6 is 0 Å². The Balaban J connectivity index is 2.43. The highest BCUT2D eigenvalue weighted by Gasteiger charge is 2.19. The molecule has 7 nitrogen and oxygen atoms in total. The number of nitrogens with two attached hydrogens (primary N) is 1. The fourth-order valence-corrected chi connectivity index (χ4v) is 2.48. The molecule has 0 bridgehead atoms. The Hall–Kier alpha value is -1.12. The fraction of sp³-hybridized carbons (Fsp3) is 0.700. The lowest BCUT2D eigenvalue weighted by Crippen LogP contribution is -2.27. The van der Waals surface area contributed by atoms with Crippen LogP contribution in [0.5, 0.6) is 0 Å². The molecule has 0 fully saturated rings. The minimum absolute atomic E-state index is 0.00134. The molecule has 0 unspecified atom stereocenters. The van der Waals surface area contributed by atoms with Crippen molar-refractivity contribution in [2.45, 2.75) is 24.7 Å². The minimum Gasteiger partial charge on any atom is -0.381 e. The van der Waals surface area contributed by atoms with Gasteiger partial charge in [-0.25, -0.2) is 13.1 Å². The Bertz CT molecular complexity index is 469. The van der Waals surface area contributed by atoms with Gasteiger partial charge in [0, 0.05) is 26.4 Å². The van der Waals surface area contributed by atoms with Crippen molar-refractivity contribution >= 4 is 15.8 Å². The van der Waals surface area contributed by atoms with Gasteiger partial charge in [0.25, 0.3) is 0 Å². The van der Waals surface area contributed by atoms with E-state index in [1.54, 1.807) is 7.05 Å². The highest BCUT2D eigenvalue weighted by atomic mass is 32.2. The Labute approximate surface area is 107 Å². The van der Waals surface area contributed by atoms with Crippen molar-refractivity contribution < 1.29 is 13.2 Å². The number of nitrogen functional groups attached to an aromatic ring is 1. The maximum atomic E-state index is 11.9. The van der Waals surface area contributed by atoms with Crippen LogP contribution < -0.4 is 10.5 Å².